The van der Waals surface area contributed by atoms with Crippen molar-refractivity contribution in [3.8, 4) is 5.75 Å². The van der Waals surface area contributed by atoms with Crippen molar-refractivity contribution in [2.24, 2.45) is 11.8 Å². The highest BCUT2D eigenvalue weighted by Crippen LogP contribution is 2.47. The molecule has 1 aromatic heterocycles. The summed E-state index contributed by atoms with van der Waals surface area (Å²) in [6, 6.07) is 18.1. The van der Waals surface area contributed by atoms with Gasteiger partial charge < -0.3 is 19.5 Å². The monoisotopic (exact) mass is 514 g/mol. The van der Waals surface area contributed by atoms with E-state index >= 15 is 0 Å². The average molecular weight is 515 g/mol. The van der Waals surface area contributed by atoms with Crippen LogP contribution in [0.5, 0.6) is 5.75 Å². The van der Waals surface area contributed by atoms with E-state index in [1.165, 1.54) is 0 Å². The number of nitro groups is 1. The third kappa shape index (κ3) is 4.21. The number of hydrogen-bond acceptors (Lipinski definition) is 6. The van der Waals surface area contributed by atoms with Crippen molar-refractivity contribution < 1.29 is 14.5 Å². The van der Waals surface area contributed by atoms with Crippen LogP contribution in [0.4, 0.5) is 11.4 Å². The molecule has 38 heavy (non-hydrogen) atoms. The molecule has 0 radical (unpaired) electrons. The quantitative estimate of drug-likeness (QED) is 0.400. The lowest BCUT2D eigenvalue weighted by Crippen LogP contribution is -2.61. The zero-order chi connectivity index (χ0) is 26.4. The van der Waals surface area contributed by atoms with Crippen molar-refractivity contribution >= 4 is 17.3 Å². The molecular weight excluding hydrogens is 484 g/mol. The van der Waals surface area contributed by atoms with Crippen LogP contribution >= 0.6 is 0 Å². The Labute approximate surface area is 220 Å². The van der Waals surface area contributed by atoms with Crippen molar-refractivity contribution in [2.45, 2.75) is 37.8 Å². The van der Waals surface area contributed by atoms with Gasteiger partial charge in [-0.25, -0.2) is 0 Å². The van der Waals surface area contributed by atoms with E-state index < -0.39 is 0 Å². The first-order valence-corrected chi connectivity index (χ1v) is 13.1. The van der Waals surface area contributed by atoms with Crippen molar-refractivity contribution in [3.05, 3.63) is 98.0 Å². The van der Waals surface area contributed by atoms with Gasteiger partial charge in [0.15, 0.2) is 0 Å². The number of carbonyl (C=O) groups is 1. The first kappa shape index (κ1) is 24.2. The Morgan fingerprint density at radius 2 is 1.95 bits per heavy atom. The minimum absolute atomic E-state index is 0.00187. The van der Waals surface area contributed by atoms with Crippen LogP contribution < -0.4 is 20.5 Å². The fourth-order valence-corrected chi connectivity index (χ4v) is 6.71. The molecule has 0 unspecified atom stereocenters. The van der Waals surface area contributed by atoms with Crippen LogP contribution in [0.25, 0.3) is 0 Å². The number of nitrogens with one attached hydrogen (secondary N) is 1. The van der Waals surface area contributed by atoms with Gasteiger partial charge in [0.05, 0.1) is 18.0 Å². The molecule has 0 spiro atoms. The molecule has 3 aromatic rings. The molecule has 1 amide bonds. The van der Waals surface area contributed by atoms with Gasteiger partial charge in [-0.05, 0) is 60.6 Å². The van der Waals surface area contributed by atoms with Gasteiger partial charge in [-0.15, -0.1) is 0 Å². The van der Waals surface area contributed by atoms with Gasteiger partial charge in [0.25, 0.3) is 11.2 Å². The van der Waals surface area contributed by atoms with Crippen LogP contribution in [0.3, 0.4) is 0 Å². The number of benzene rings is 2. The van der Waals surface area contributed by atoms with E-state index in [9.17, 15) is 19.7 Å². The van der Waals surface area contributed by atoms with Crippen LogP contribution in [0, 0.1) is 22.0 Å². The first-order chi connectivity index (χ1) is 18.4. The molecule has 9 heteroatoms. The van der Waals surface area contributed by atoms with Crippen molar-refractivity contribution in [2.75, 3.05) is 25.1 Å². The van der Waals surface area contributed by atoms with Gasteiger partial charge in [0.2, 0.25) is 5.91 Å². The molecule has 3 aliphatic rings. The second-order valence-corrected chi connectivity index (χ2v) is 10.5. The molecule has 0 aliphatic carbocycles. The maximum absolute atomic E-state index is 13.7. The van der Waals surface area contributed by atoms with Gasteiger partial charge in [-0.2, -0.15) is 0 Å². The molecule has 6 rings (SSSR count). The lowest BCUT2D eigenvalue weighted by Gasteiger charge is -2.54. The summed E-state index contributed by atoms with van der Waals surface area (Å²) in [4.78, 5) is 39.8. The van der Waals surface area contributed by atoms with Crippen molar-refractivity contribution in [3.63, 3.8) is 0 Å². The van der Waals surface area contributed by atoms with E-state index in [2.05, 4.69) is 10.2 Å². The highest BCUT2D eigenvalue weighted by atomic mass is 16.6. The number of ether oxygens (including phenoxy) is 1. The largest absolute Gasteiger partial charge is 0.497 e. The smallest absolute Gasteiger partial charge is 0.269 e. The van der Waals surface area contributed by atoms with E-state index in [1.807, 2.05) is 47.0 Å². The SMILES string of the molecule is COc1ccc(CCNC(=O)[C@@H]2Cc3cc([N+](=O)[O-])ccc3N3C[C@@H]4C[C@@H](Cn5c4cccc5=O)[C@@H]23)cc1. The van der Waals surface area contributed by atoms with Crippen LogP contribution in [-0.2, 0) is 24.2 Å². The van der Waals surface area contributed by atoms with E-state index in [0.29, 0.717) is 32.5 Å². The number of non-ortho nitro benzene ring substituents is 1. The number of amides is 1. The molecule has 3 aliphatic heterocycles. The number of anilines is 1. The lowest BCUT2D eigenvalue weighted by molar-refractivity contribution is -0.384. The minimum atomic E-state index is -0.385. The summed E-state index contributed by atoms with van der Waals surface area (Å²) in [7, 11) is 1.63. The van der Waals surface area contributed by atoms with Gasteiger partial charge in [-0.3, -0.25) is 19.7 Å². The molecule has 2 aromatic carbocycles. The van der Waals surface area contributed by atoms with E-state index in [0.717, 1.165) is 34.7 Å². The minimum Gasteiger partial charge on any atom is -0.497 e. The third-order valence-corrected chi connectivity index (χ3v) is 8.41. The number of nitro benzene ring substituents is 1. The fraction of sp³-hybridized carbons (Fsp3) is 0.379. The predicted molar refractivity (Wildman–Crippen MR) is 143 cm³/mol. The van der Waals surface area contributed by atoms with E-state index in [1.54, 1.807) is 25.3 Å². The summed E-state index contributed by atoms with van der Waals surface area (Å²) in [5, 5.41) is 14.6. The number of pyridine rings is 1. The molecule has 4 heterocycles. The Morgan fingerprint density at radius 1 is 1.13 bits per heavy atom. The van der Waals surface area contributed by atoms with Gasteiger partial charge in [-0.1, -0.05) is 18.2 Å². The number of aromatic nitrogens is 1. The predicted octanol–water partition coefficient (Wildman–Crippen LogP) is 3.29. The molecule has 1 fully saturated rings. The van der Waals surface area contributed by atoms with Gasteiger partial charge in [0, 0.05) is 61.2 Å². The summed E-state index contributed by atoms with van der Waals surface area (Å²) in [6.45, 7) is 1.74. The highest BCUT2D eigenvalue weighted by molar-refractivity contribution is 5.82. The van der Waals surface area contributed by atoms with Crippen molar-refractivity contribution in [1.82, 2.24) is 9.88 Å². The zero-order valence-electron chi connectivity index (χ0n) is 21.2. The summed E-state index contributed by atoms with van der Waals surface area (Å²) in [5.41, 5.74) is 3.95. The Hall–Kier alpha value is -4.14. The van der Waals surface area contributed by atoms with Crippen LogP contribution in [0.2, 0.25) is 0 Å². The molecule has 9 nitrogen and oxygen atoms in total. The van der Waals surface area contributed by atoms with Crippen molar-refractivity contribution in [1.29, 1.82) is 0 Å². The summed E-state index contributed by atoms with van der Waals surface area (Å²) < 4.78 is 7.09. The number of fused-ring (bicyclic) bond motifs is 8. The molecule has 196 valence electrons. The van der Waals surface area contributed by atoms with Gasteiger partial charge in [0.1, 0.15) is 5.75 Å². The topological polar surface area (TPSA) is 107 Å². The Morgan fingerprint density at radius 3 is 2.71 bits per heavy atom. The molecule has 2 bridgehead atoms. The summed E-state index contributed by atoms with van der Waals surface area (Å²) >= 11 is 0. The zero-order valence-corrected chi connectivity index (χ0v) is 21.2. The van der Waals surface area contributed by atoms with Crippen LogP contribution in [-0.4, -0.2) is 41.6 Å². The Kier molecular flexibility index (Phi) is 6.13. The fourth-order valence-electron chi connectivity index (χ4n) is 6.71. The molecular formula is C29H30N4O5. The van der Waals surface area contributed by atoms with Crippen LogP contribution in [0.15, 0.2) is 65.5 Å². The molecule has 0 saturated carbocycles. The maximum Gasteiger partial charge on any atom is 0.269 e. The Balaban J connectivity index is 1.29. The highest BCUT2D eigenvalue weighted by Gasteiger charge is 2.49. The molecule has 1 N–H and O–H groups in total. The van der Waals surface area contributed by atoms with E-state index in [4.69, 9.17) is 4.74 Å². The molecule has 4 atom stereocenters. The van der Waals surface area contributed by atoms with Crippen LogP contribution in [0.1, 0.15) is 29.2 Å². The number of piperidine rings is 1. The third-order valence-electron chi connectivity index (χ3n) is 8.41. The van der Waals surface area contributed by atoms with Gasteiger partial charge >= 0.3 is 0 Å². The first-order valence-electron chi connectivity index (χ1n) is 13.1. The molecule has 1 saturated heterocycles. The average Bonchev–Trinajstić information content (AvgIpc) is 2.93. The lowest BCUT2D eigenvalue weighted by atomic mass is 9.70. The summed E-state index contributed by atoms with van der Waals surface area (Å²) in [6.07, 6.45) is 2.04. The Bertz CT molecular complexity index is 1450. The van der Waals surface area contributed by atoms with E-state index in [-0.39, 0.29) is 45.9 Å². The number of methoxy groups -OCH3 is 1. The number of nitrogens with zero attached hydrogens (tertiary/aromatic N) is 3. The number of rotatable bonds is 6. The summed E-state index contributed by atoms with van der Waals surface area (Å²) in [5.74, 6) is 0.667. The maximum atomic E-state index is 13.7. The number of carbonyl (C=O) groups excluding carboxylic acids is 1. The second-order valence-electron chi connectivity index (χ2n) is 10.5. The second kappa shape index (κ2) is 9.63. The number of hydrogen-bond donors (Lipinski definition) is 1. The standard InChI is InChI=1S/C29H30N4O5/c1-38-23-8-5-18(6-9-23)11-12-30-29(35)24-15-19-14-22(33(36)37)7-10-26(19)32-16-20-13-21(28(24)32)17-31-25(20)3-2-4-27(31)34/h2-10,14,20-21,24,28H,11-13,15-17H2,1H3,(H,30,35)/t20-,21-,24+,28-/m0/s1. The normalized spacial score (nSPS) is 23.0.